The zero-order chi connectivity index (χ0) is 12.9. The molecule has 0 aromatic rings. The Labute approximate surface area is 106 Å². The lowest BCUT2D eigenvalue weighted by molar-refractivity contribution is -0.00704. The number of hydrogen-bond acceptors (Lipinski definition) is 3. The minimum absolute atomic E-state index is 0.490. The highest BCUT2D eigenvalue weighted by atomic mass is 16.3. The van der Waals surface area contributed by atoms with Crippen LogP contribution >= 0.6 is 0 Å². The van der Waals surface area contributed by atoms with E-state index < -0.39 is 11.2 Å². The van der Waals surface area contributed by atoms with Crippen LogP contribution in [0.3, 0.4) is 0 Å². The maximum absolute atomic E-state index is 10.3. The van der Waals surface area contributed by atoms with Gasteiger partial charge in [-0.25, -0.2) is 0 Å². The zero-order valence-corrected chi connectivity index (χ0v) is 11.6. The van der Waals surface area contributed by atoms with E-state index in [-0.39, 0.29) is 0 Å². The van der Waals surface area contributed by atoms with Crippen molar-refractivity contribution in [3.63, 3.8) is 0 Å². The van der Waals surface area contributed by atoms with Crippen molar-refractivity contribution in [2.45, 2.75) is 70.5 Å². The minimum atomic E-state index is -0.667. The van der Waals surface area contributed by atoms with E-state index >= 15 is 0 Å². The Morgan fingerprint density at radius 3 is 2.35 bits per heavy atom. The van der Waals surface area contributed by atoms with E-state index in [9.17, 15) is 10.2 Å². The topological polar surface area (TPSA) is 52.5 Å². The van der Waals surface area contributed by atoms with Gasteiger partial charge in [-0.05, 0) is 32.1 Å². The number of nitrogens with one attached hydrogen (secondary N) is 1. The van der Waals surface area contributed by atoms with Crippen LogP contribution in [-0.2, 0) is 0 Å². The largest absolute Gasteiger partial charge is 0.389 e. The molecule has 0 spiro atoms. The molecule has 1 aliphatic carbocycles. The fraction of sp³-hybridized carbons (Fsp3) is 1.00. The lowest BCUT2D eigenvalue weighted by Crippen LogP contribution is -2.47. The van der Waals surface area contributed by atoms with Crippen LogP contribution in [0.25, 0.3) is 0 Å². The van der Waals surface area contributed by atoms with Gasteiger partial charge in [0.2, 0.25) is 0 Å². The van der Waals surface area contributed by atoms with Crippen LogP contribution in [0.2, 0.25) is 0 Å². The highest BCUT2D eigenvalue weighted by molar-refractivity contribution is 4.86. The lowest BCUT2D eigenvalue weighted by Gasteiger charge is -2.34. The fourth-order valence-electron chi connectivity index (χ4n) is 2.90. The Morgan fingerprint density at radius 1 is 1.24 bits per heavy atom. The summed E-state index contributed by atoms with van der Waals surface area (Å²) in [6, 6.07) is 0. The Bertz CT molecular complexity index is 220. The molecule has 3 N–H and O–H groups in total. The summed E-state index contributed by atoms with van der Waals surface area (Å²) in [6.45, 7) is 7.27. The Balaban J connectivity index is 2.26. The molecular weight excluding hydrogens is 214 g/mol. The first-order valence-corrected chi connectivity index (χ1v) is 6.99. The van der Waals surface area contributed by atoms with Crippen LogP contribution in [0.5, 0.6) is 0 Å². The summed E-state index contributed by atoms with van der Waals surface area (Å²) in [4.78, 5) is 0. The number of hydrogen-bond donors (Lipinski definition) is 3. The van der Waals surface area contributed by atoms with E-state index in [1.54, 1.807) is 0 Å². The molecule has 1 unspecified atom stereocenters. The summed E-state index contributed by atoms with van der Waals surface area (Å²) in [6.07, 6.45) is 6.07. The fourth-order valence-corrected chi connectivity index (χ4v) is 2.90. The molecule has 1 saturated carbocycles. The van der Waals surface area contributed by atoms with Gasteiger partial charge in [-0.15, -0.1) is 0 Å². The maximum Gasteiger partial charge on any atom is 0.0771 e. The summed E-state index contributed by atoms with van der Waals surface area (Å²) in [5.41, 5.74) is -1.20. The second kappa shape index (κ2) is 6.17. The third-order valence-electron chi connectivity index (χ3n) is 3.59. The van der Waals surface area contributed by atoms with Crippen molar-refractivity contribution in [2.24, 2.45) is 5.92 Å². The second-order valence-corrected chi connectivity index (χ2v) is 6.48. The first kappa shape index (κ1) is 14.9. The Kier molecular flexibility index (Phi) is 5.42. The van der Waals surface area contributed by atoms with E-state index in [1.165, 1.54) is 6.42 Å². The monoisotopic (exact) mass is 243 g/mol. The van der Waals surface area contributed by atoms with Gasteiger partial charge in [-0.3, -0.25) is 0 Å². The van der Waals surface area contributed by atoms with Crippen LogP contribution in [0.4, 0.5) is 0 Å². The van der Waals surface area contributed by atoms with E-state index in [0.29, 0.717) is 19.0 Å². The Morgan fingerprint density at radius 2 is 1.82 bits per heavy atom. The maximum atomic E-state index is 10.3. The predicted octanol–water partition coefficient (Wildman–Crippen LogP) is 2.07. The molecular formula is C14H29NO2. The average Bonchev–Trinajstić information content (AvgIpc) is 2.15. The van der Waals surface area contributed by atoms with E-state index in [1.807, 2.05) is 6.92 Å². The van der Waals surface area contributed by atoms with Gasteiger partial charge in [0.25, 0.3) is 0 Å². The van der Waals surface area contributed by atoms with Crippen LogP contribution < -0.4 is 5.32 Å². The molecule has 0 aromatic carbocycles. The zero-order valence-electron chi connectivity index (χ0n) is 11.6. The Hall–Kier alpha value is -0.120. The average molecular weight is 243 g/mol. The summed E-state index contributed by atoms with van der Waals surface area (Å²) in [5, 5.41) is 23.7. The molecule has 0 aromatic heterocycles. The predicted molar refractivity (Wildman–Crippen MR) is 71.0 cm³/mol. The molecule has 3 heteroatoms. The lowest BCUT2D eigenvalue weighted by atomic mass is 9.84. The first-order valence-electron chi connectivity index (χ1n) is 6.99. The molecule has 0 bridgehead atoms. The molecule has 0 aliphatic heterocycles. The number of aliphatic hydroxyl groups is 2. The van der Waals surface area contributed by atoms with Crippen molar-refractivity contribution in [3.8, 4) is 0 Å². The third-order valence-corrected chi connectivity index (χ3v) is 3.59. The highest BCUT2D eigenvalue weighted by Gasteiger charge is 2.30. The van der Waals surface area contributed by atoms with Crippen molar-refractivity contribution >= 4 is 0 Å². The van der Waals surface area contributed by atoms with Gasteiger partial charge in [-0.1, -0.05) is 33.1 Å². The summed E-state index contributed by atoms with van der Waals surface area (Å²) in [7, 11) is 0. The molecule has 0 heterocycles. The van der Waals surface area contributed by atoms with E-state index in [0.717, 1.165) is 32.1 Å². The van der Waals surface area contributed by atoms with Crippen LogP contribution in [0.15, 0.2) is 0 Å². The molecule has 102 valence electrons. The molecule has 3 nitrogen and oxygen atoms in total. The van der Waals surface area contributed by atoms with Crippen LogP contribution in [0, 0.1) is 5.92 Å². The van der Waals surface area contributed by atoms with Gasteiger partial charge in [0, 0.05) is 13.1 Å². The highest BCUT2D eigenvalue weighted by Crippen LogP contribution is 2.27. The molecule has 1 fully saturated rings. The minimum Gasteiger partial charge on any atom is -0.389 e. The first-order chi connectivity index (χ1) is 7.83. The summed E-state index contributed by atoms with van der Waals surface area (Å²) in [5.74, 6) is 0.490. The van der Waals surface area contributed by atoms with Gasteiger partial charge in [-0.2, -0.15) is 0 Å². The summed E-state index contributed by atoms with van der Waals surface area (Å²) >= 11 is 0. The van der Waals surface area contributed by atoms with Gasteiger partial charge in [0.15, 0.2) is 0 Å². The van der Waals surface area contributed by atoms with Gasteiger partial charge >= 0.3 is 0 Å². The van der Waals surface area contributed by atoms with Crippen molar-refractivity contribution in [1.29, 1.82) is 0 Å². The standard InChI is InChI=1S/C14H29NO2/c1-12(2)9-13(3,16)10-15-11-14(17)7-5-4-6-8-14/h12,15-17H,4-11H2,1-3H3. The van der Waals surface area contributed by atoms with Gasteiger partial charge in [0.05, 0.1) is 11.2 Å². The van der Waals surface area contributed by atoms with Crippen molar-refractivity contribution < 1.29 is 10.2 Å². The van der Waals surface area contributed by atoms with Crippen LogP contribution in [0.1, 0.15) is 59.3 Å². The normalized spacial score (nSPS) is 23.6. The molecule has 0 radical (unpaired) electrons. The van der Waals surface area contributed by atoms with Gasteiger partial charge in [0.1, 0.15) is 0 Å². The smallest absolute Gasteiger partial charge is 0.0771 e. The molecule has 17 heavy (non-hydrogen) atoms. The molecule has 0 amide bonds. The quantitative estimate of drug-likeness (QED) is 0.669. The van der Waals surface area contributed by atoms with Crippen molar-refractivity contribution in [3.05, 3.63) is 0 Å². The molecule has 1 rings (SSSR count). The van der Waals surface area contributed by atoms with E-state index in [4.69, 9.17) is 0 Å². The molecule has 0 saturated heterocycles. The number of rotatable bonds is 6. The van der Waals surface area contributed by atoms with Gasteiger partial charge < -0.3 is 15.5 Å². The molecule has 1 atom stereocenters. The SMILES string of the molecule is CC(C)CC(C)(O)CNCC1(O)CCCCC1. The van der Waals surface area contributed by atoms with Crippen molar-refractivity contribution in [1.82, 2.24) is 5.32 Å². The van der Waals surface area contributed by atoms with E-state index in [2.05, 4.69) is 19.2 Å². The van der Waals surface area contributed by atoms with Crippen molar-refractivity contribution in [2.75, 3.05) is 13.1 Å². The molecule has 1 aliphatic rings. The summed E-state index contributed by atoms with van der Waals surface area (Å²) < 4.78 is 0. The third kappa shape index (κ3) is 5.84. The second-order valence-electron chi connectivity index (χ2n) is 6.48. The van der Waals surface area contributed by atoms with Crippen LogP contribution in [-0.4, -0.2) is 34.5 Å².